The van der Waals surface area contributed by atoms with Crippen molar-refractivity contribution in [3.63, 3.8) is 0 Å². The topological polar surface area (TPSA) is 115 Å². The Morgan fingerprint density at radius 3 is 1.27 bits per heavy atom. The summed E-state index contributed by atoms with van der Waals surface area (Å²) in [5.74, 6) is 1.58. The first kappa shape index (κ1) is 32.7. The van der Waals surface area contributed by atoms with Crippen LogP contribution in [0.1, 0.15) is 16.7 Å². The summed E-state index contributed by atoms with van der Waals surface area (Å²) in [6, 6.07) is 59.9. The van der Waals surface area contributed by atoms with Gasteiger partial charge in [-0.3, -0.25) is 0 Å². The Hall–Kier alpha value is -8.18. The average molecular weight is 702 g/mol. The van der Waals surface area contributed by atoms with Crippen LogP contribution in [0.25, 0.3) is 83.9 Å². The zero-order valence-corrected chi connectivity index (χ0v) is 29.2. The van der Waals surface area contributed by atoms with Crippen LogP contribution in [0.2, 0.25) is 0 Å². The molecule has 0 unspecified atom stereocenters. The summed E-state index contributed by atoms with van der Waals surface area (Å²) < 4.78 is 2.12. The molecule has 9 aromatic rings. The molecule has 0 saturated heterocycles. The van der Waals surface area contributed by atoms with Gasteiger partial charge < -0.3 is 4.57 Å². The molecule has 2 aromatic heterocycles. The van der Waals surface area contributed by atoms with Crippen molar-refractivity contribution < 1.29 is 0 Å². The van der Waals surface area contributed by atoms with Crippen molar-refractivity contribution in [3.05, 3.63) is 180 Å². The van der Waals surface area contributed by atoms with Gasteiger partial charge in [-0.25, -0.2) is 15.0 Å². The summed E-state index contributed by atoms with van der Waals surface area (Å²) >= 11 is 0. The summed E-state index contributed by atoms with van der Waals surface area (Å²) in [4.78, 5) is 14.8. The molecular weight excluding hydrogens is 675 g/mol. The number of hydrogen-bond donors (Lipinski definition) is 0. The van der Waals surface area contributed by atoms with Crippen LogP contribution in [-0.4, -0.2) is 19.5 Å². The zero-order valence-electron chi connectivity index (χ0n) is 29.2. The summed E-state index contributed by atoms with van der Waals surface area (Å²) in [7, 11) is 0. The van der Waals surface area contributed by atoms with Crippen LogP contribution in [-0.2, 0) is 0 Å². The van der Waals surface area contributed by atoms with Gasteiger partial charge in [-0.05, 0) is 89.0 Å². The Balaban J connectivity index is 1.28. The fourth-order valence-corrected chi connectivity index (χ4v) is 7.07. The quantitative estimate of drug-likeness (QED) is 0.170. The van der Waals surface area contributed by atoms with E-state index in [1.165, 1.54) is 0 Å². The molecule has 0 radical (unpaired) electrons. The fourth-order valence-electron chi connectivity index (χ4n) is 7.07. The molecule has 0 N–H and O–H groups in total. The second kappa shape index (κ2) is 13.7. The Kier molecular flexibility index (Phi) is 8.18. The van der Waals surface area contributed by atoms with E-state index in [1.54, 1.807) is 12.1 Å². The molecule has 2 heterocycles. The van der Waals surface area contributed by atoms with Crippen LogP contribution < -0.4 is 0 Å². The maximum Gasteiger partial charge on any atom is 0.164 e. The van der Waals surface area contributed by atoms with Crippen LogP contribution in [0.4, 0.5) is 0 Å². The molecule has 0 fully saturated rings. The molecule has 7 nitrogen and oxygen atoms in total. The minimum atomic E-state index is 0.485. The first-order valence-corrected chi connectivity index (χ1v) is 17.6. The number of nitrogens with zero attached hydrogens (tertiary/aromatic N) is 7. The lowest BCUT2D eigenvalue weighted by atomic mass is 9.99. The second-order valence-electron chi connectivity index (χ2n) is 13.1. The normalized spacial score (nSPS) is 10.9. The van der Waals surface area contributed by atoms with E-state index in [0.717, 1.165) is 60.8 Å². The molecule has 0 spiro atoms. The molecular formula is C48H27N7. The molecule has 0 aliphatic rings. The Bertz CT molecular complexity index is 2900. The van der Waals surface area contributed by atoms with Crippen LogP contribution in [0, 0.1) is 34.0 Å². The molecule has 0 saturated carbocycles. The number of benzene rings is 7. The molecule has 0 aliphatic heterocycles. The first-order valence-electron chi connectivity index (χ1n) is 17.6. The summed E-state index contributed by atoms with van der Waals surface area (Å²) in [5.41, 5.74) is 10.4. The predicted octanol–water partition coefficient (Wildman–Crippen LogP) is 10.9. The van der Waals surface area contributed by atoms with E-state index in [1.807, 2.05) is 127 Å². The van der Waals surface area contributed by atoms with Crippen molar-refractivity contribution in [2.45, 2.75) is 0 Å². The van der Waals surface area contributed by atoms with Crippen molar-refractivity contribution in [1.29, 1.82) is 15.8 Å². The van der Waals surface area contributed by atoms with Crippen molar-refractivity contribution in [1.82, 2.24) is 19.5 Å². The van der Waals surface area contributed by atoms with Gasteiger partial charge in [0, 0.05) is 27.5 Å². The molecule has 9 rings (SSSR count). The van der Waals surface area contributed by atoms with E-state index in [-0.39, 0.29) is 0 Å². The Morgan fingerprint density at radius 1 is 0.364 bits per heavy atom. The SMILES string of the molecule is N#Cc1cccc(-c2ccc3c(c2)c2cc(-c4cccc(C#N)c4)ccc2n3-c2cc(-c3nc(-c4ccccc4)nc(-c4ccccc4)n3)ccc2C#N)c1. The summed E-state index contributed by atoms with van der Waals surface area (Å²) in [6.07, 6.45) is 0. The minimum Gasteiger partial charge on any atom is -0.308 e. The van der Waals surface area contributed by atoms with Crippen LogP contribution >= 0.6 is 0 Å². The zero-order chi connectivity index (χ0) is 37.3. The highest BCUT2D eigenvalue weighted by Crippen LogP contribution is 2.39. The average Bonchev–Trinajstić information content (AvgIpc) is 3.59. The van der Waals surface area contributed by atoms with E-state index in [0.29, 0.717) is 39.9 Å². The lowest BCUT2D eigenvalue weighted by molar-refractivity contribution is 1.07. The number of hydrogen-bond acceptors (Lipinski definition) is 6. The van der Waals surface area contributed by atoms with E-state index in [2.05, 4.69) is 47.0 Å². The van der Waals surface area contributed by atoms with Crippen molar-refractivity contribution in [3.8, 4) is 80.3 Å². The molecule has 0 aliphatic carbocycles. The van der Waals surface area contributed by atoms with Crippen LogP contribution in [0.5, 0.6) is 0 Å². The Morgan fingerprint density at radius 2 is 0.800 bits per heavy atom. The molecule has 7 heteroatoms. The van der Waals surface area contributed by atoms with E-state index >= 15 is 0 Å². The molecule has 254 valence electrons. The van der Waals surface area contributed by atoms with Gasteiger partial charge in [0.05, 0.1) is 45.5 Å². The second-order valence-corrected chi connectivity index (χ2v) is 13.1. The van der Waals surface area contributed by atoms with Crippen LogP contribution in [0.3, 0.4) is 0 Å². The van der Waals surface area contributed by atoms with Gasteiger partial charge >= 0.3 is 0 Å². The lowest BCUT2D eigenvalue weighted by Gasteiger charge is -2.13. The highest BCUT2D eigenvalue weighted by Gasteiger charge is 2.19. The largest absolute Gasteiger partial charge is 0.308 e. The van der Waals surface area contributed by atoms with E-state index < -0.39 is 0 Å². The number of aromatic nitrogens is 4. The number of nitriles is 3. The molecule has 0 atom stereocenters. The molecule has 55 heavy (non-hydrogen) atoms. The molecule has 0 amide bonds. The van der Waals surface area contributed by atoms with Gasteiger partial charge in [0.25, 0.3) is 0 Å². The highest BCUT2D eigenvalue weighted by atomic mass is 15.0. The highest BCUT2D eigenvalue weighted by molar-refractivity contribution is 6.12. The number of fused-ring (bicyclic) bond motifs is 3. The van der Waals surface area contributed by atoms with Crippen LogP contribution in [0.15, 0.2) is 164 Å². The third-order valence-corrected chi connectivity index (χ3v) is 9.73. The van der Waals surface area contributed by atoms with E-state index in [9.17, 15) is 15.8 Å². The van der Waals surface area contributed by atoms with Crippen molar-refractivity contribution in [2.24, 2.45) is 0 Å². The lowest BCUT2D eigenvalue weighted by Crippen LogP contribution is -2.02. The van der Waals surface area contributed by atoms with Gasteiger partial charge in [0.15, 0.2) is 17.5 Å². The summed E-state index contributed by atoms with van der Waals surface area (Å²) in [5, 5.41) is 31.7. The van der Waals surface area contributed by atoms with Crippen molar-refractivity contribution >= 4 is 21.8 Å². The van der Waals surface area contributed by atoms with Gasteiger partial charge in [-0.15, -0.1) is 0 Å². The fraction of sp³-hybridized carbons (Fsp3) is 0. The minimum absolute atomic E-state index is 0.485. The smallest absolute Gasteiger partial charge is 0.164 e. The predicted molar refractivity (Wildman–Crippen MR) is 215 cm³/mol. The monoisotopic (exact) mass is 701 g/mol. The first-order chi connectivity index (χ1) is 27.1. The van der Waals surface area contributed by atoms with Gasteiger partial charge in [-0.2, -0.15) is 15.8 Å². The Labute approximate surface area is 316 Å². The molecule has 7 aromatic carbocycles. The number of rotatable bonds is 6. The summed E-state index contributed by atoms with van der Waals surface area (Å²) in [6.45, 7) is 0. The maximum absolute atomic E-state index is 10.5. The van der Waals surface area contributed by atoms with E-state index in [4.69, 9.17) is 15.0 Å². The van der Waals surface area contributed by atoms with Crippen molar-refractivity contribution in [2.75, 3.05) is 0 Å². The maximum atomic E-state index is 10.5. The third kappa shape index (κ3) is 6.03. The van der Waals surface area contributed by atoms with Gasteiger partial charge in [-0.1, -0.05) is 97.1 Å². The van der Waals surface area contributed by atoms with Gasteiger partial charge in [0.1, 0.15) is 6.07 Å². The third-order valence-electron chi connectivity index (χ3n) is 9.73. The molecule has 0 bridgehead atoms. The van der Waals surface area contributed by atoms with Gasteiger partial charge in [0.2, 0.25) is 0 Å². The standard InChI is InChI=1S/C48H27N7/c49-28-31-9-7-15-35(23-31)37-19-21-43-41(25-37)42-26-38(36-16-8-10-32(24-36)29-50)20-22-44(42)55(43)45-27-39(17-18-40(45)30-51)48-53-46(33-11-3-1-4-12-33)52-47(54-48)34-13-5-2-6-14-34/h1-27H.